The van der Waals surface area contributed by atoms with Gasteiger partial charge < -0.3 is 14.6 Å². The van der Waals surface area contributed by atoms with Gasteiger partial charge in [0, 0.05) is 20.1 Å². The summed E-state index contributed by atoms with van der Waals surface area (Å²) in [4.78, 5) is 15.6. The highest BCUT2D eigenvalue weighted by molar-refractivity contribution is 5.56. The second kappa shape index (κ2) is 5.26. The number of nitrogens with zero attached hydrogens (tertiary/aromatic N) is 4. The zero-order valence-corrected chi connectivity index (χ0v) is 11.0. The van der Waals surface area contributed by atoms with Crippen molar-refractivity contribution >= 4 is 11.9 Å². The summed E-state index contributed by atoms with van der Waals surface area (Å²) >= 11 is 0. The fraction of sp³-hybridized carbons (Fsp3) is 0.462. The molecular weight excluding hydrogens is 242 g/mol. The molecule has 1 aliphatic heterocycles. The summed E-state index contributed by atoms with van der Waals surface area (Å²) < 4.78 is 5.09. The van der Waals surface area contributed by atoms with E-state index < -0.39 is 0 Å². The molecule has 1 aliphatic rings. The minimum absolute atomic E-state index is 0.590. The van der Waals surface area contributed by atoms with Crippen LogP contribution < -0.4 is 10.2 Å². The van der Waals surface area contributed by atoms with E-state index in [1.54, 1.807) is 12.5 Å². The summed E-state index contributed by atoms with van der Waals surface area (Å²) in [6, 6.07) is 1.86. The highest BCUT2D eigenvalue weighted by Gasteiger charge is 2.16. The first-order valence-electron chi connectivity index (χ1n) is 6.58. The van der Waals surface area contributed by atoms with Crippen LogP contribution in [0.25, 0.3) is 11.4 Å². The van der Waals surface area contributed by atoms with E-state index in [0.29, 0.717) is 11.8 Å². The fourth-order valence-electron chi connectivity index (χ4n) is 2.23. The third-order valence-corrected chi connectivity index (χ3v) is 3.27. The highest BCUT2D eigenvalue weighted by Crippen LogP contribution is 2.21. The second-order valence-electron chi connectivity index (χ2n) is 4.59. The number of aromatic nitrogens is 3. The maximum absolute atomic E-state index is 5.09. The molecule has 0 saturated carbocycles. The van der Waals surface area contributed by atoms with Crippen LogP contribution in [-0.2, 0) is 0 Å². The van der Waals surface area contributed by atoms with Gasteiger partial charge in [0.15, 0.2) is 5.82 Å². The lowest BCUT2D eigenvalue weighted by Crippen LogP contribution is -2.31. The van der Waals surface area contributed by atoms with Gasteiger partial charge in [-0.3, -0.25) is 0 Å². The Morgan fingerprint density at radius 2 is 2.00 bits per heavy atom. The summed E-state index contributed by atoms with van der Waals surface area (Å²) in [6.45, 7) is 2.02. The molecule has 0 aromatic carbocycles. The van der Waals surface area contributed by atoms with Gasteiger partial charge in [0.25, 0.3) is 0 Å². The summed E-state index contributed by atoms with van der Waals surface area (Å²) in [5.41, 5.74) is 0.872. The van der Waals surface area contributed by atoms with E-state index >= 15 is 0 Å². The van der Waals surface area contributed by atoms with E-state index in [9.17, 15) is 0 Å². The predicted molar refractivity (Wildman–Crippen MR) is 73.1 cm³/mol. The van der Waals surface area contributed by atoms with Crippen LogP contribution in [-0.4, -0.2) is 35.1 Å². The number of hydrogen-bond donors (Lipinski definition) is 1. The molecule has 3 rings (SSSR count). The van der Waals surface area contributed by atoms with Gasteiger partial charge >= 0.3 is 0 Å². The Morgan fingerprint density at radius 3 is 2.68 bits per heavy atom. The van der Waals surface area contributed by atoms with Crippen molar-refractivity contribution in [3.63, 3.8) is 0 Å². The summed E-state index contributed by atoms with van der Waals surface area (Å²) in [5.74, 6) is 1.98. The van der Waals surface area contributed by atoms with E-state index in [4.69, 9.17) is 4.42 Å². The van der Waals surface area contributed by atoms with Crippen molar-refractivity contribution in [2.75, 3.05) is 30.4 Å². The topological polar surface area (TPSA) is 67.1 Å². The van der Waals surface area contributed by atoms with Gasteiger partial charge in [-0.05, 0) is 25.3 Å². The van der Waals surface area contributed by atoms with Crippen LogP contribution in [0.1, 0.15) is 19.3 Å². The fourth-order valence-corrected chi connectivity index (χ4v) is 2.23. The molecule has 6 heteroatoms. The number of anilines is 2. The maximum Gasteiger partial charge on any atom is 0.230 e. The molecule has 3 heterocycles. The Hall–Kier alpha value is -2.11. The molecule has 6 nitrogen and oxygen atoms in total. The molecular formula is C13H17N5O. The summed E-state index contributed by atoms with van der Waals surface area (Å²) in [7, 11) is 1.81. The van der Waals surface area contributed by atoms with Crippen molar-refractivity contribution in [1.29, 1.82) is 0 Å². The van der Waals surface area contributed by atoms with Crippen molar-refractivity contribution in [2.45, 2.75) is 19.3 Å². The maximum atomic E-state index is 5.09. The SMILES string of the molecule is CNc1nc(-c2ccoc2)nc(N2CCCCC2)n1. The molecule has 1 fully saturated rings. The molecule has 0 aliphatic carbocycles. The van der Waals surface area contributed by atoms with Crippen LogP contribution in [0.4, 0.5) is 11.9 Å². The Kier molecular flexibility index (Phi) is 3.31. The third-order valence-electron chi connectivity index (χ3n) is 3.27. The Labute approximate surface area is 111 Å². The largest absolute Gasteiger partial charge is 0.472 e. The number of piperidine rings is 1. The third kappa shape index (κ3) is 2.52. The summed E-state index contributed by atoms with van der Waals surface area (Å²) in [6.07, 6.45) is 6.95. The zero-order chi connectivity index (χ0) is 13.1. The van der Waals surface area contributed by atoms with Crippen molar-refractivity contribution in [3.05, 3.63) is 18.6 Å². The van der Waals surface area contributed by atoms with Crippen molar-refractivity contribution < 1.29 is 4.42 Å². The van der Waals surface area contributed by atoms with Crippen LogP contribution in [0.15, 0.2) is 23.0 Å². The standard InChI is InChI=1S/C13H17N5O/c1-14-12-15-11(10-5-8-19-9-10)16-13(17-12)18-6-3-2-4-7-18/h5,8-9H,2-4,6-7H2,1H3,(H,14,15,16,17). The Bertz CT molecular complexity index is 534. The average Bonchev–Trinajstić information content (AvgIpc) is 3.02. The van der Waals surface area contributed by atoms with Crippen LogP contribution >= 0.6 is 0 Å². The van der Waals surface area contributed by atoms with Gasteiger partial charge in [0.05, 0.1) is 11.8 Å². The molecule has 0 spiro atoms. The Morgan fingerprint density at radius 1 is 1.16 bits per heavy atom. The lowest BCUT2D eigenvalue weighted by molar-refractivity contribution is 0.566. The quantitative estimate of drug-likeness (QED) is 0.911. The van der Waals surface area contributed by atoms with Crippen LogP contribution in [0.2, 0.25) is 0 Å². The molecule has 0 radical (unpaired) electrons. The molecule has 1 saturated heterocycles. The molecule has 0 amide bonds. The van der Waals surface area contributed by atoms with Crippen molar-refractivity contribution in [3.8, 4) is 11.4 Å². The highest BCUT2D eigenvalue weighted by atomic mass is 16.3. The minimum Gasteiger partial charge on any atom is -0.472 e. The molecule has 2 aromatic rings. The molecule has 0 bridgehead atoms. The average molecular weight is 259 g/mol. The molecule has 0 atom stereocenters. The van der Waals surface area contributed by atoms with E-state index in [2.05, 4.69) is 25.2 Å². The van der Waals surface area contributed by atoms with Crippen LogP contribution in [0, 0.1) is 0 Å². The van der Waals surface area contributed by atoms with Crippen molar-refractivity contribution in [2.24, 2.45) is 0 Å². The zero-order valence-electron chi connectivity index (χ0n) is 11.0. The summed E-state index contributed by atoms with van der Waals surface area (Å²) in [5, 5.41) is 2.99. The Balaban J connectivity index is 1.97. The first-order chi connectivity index (χ1) is 9.36. The van der Waals surface area contributed by atoms with Gasteiger partial charge in [-0.15, -0.1) is 0 Å². The van der Waals surface area contributed by atoms with E-state index in [1.165, 1.54) is 19.3 Å². The number of rotatable bonds is 3. The normalized spacial score (nSPS) is 15.5. The molecule has 0 unspecified atom stereocenters. The van der Waals surface area contributed by atoms with E-state index in [0.717, 1.165) is 24.6 Å². The van der Waals surface area contributed by atoms with Gasteiger partial charge in [-0.25, -0.2) is 0 Å². The van der Waals surface area contributed by atoms with Crippen LogP contribution in [0.3, 0.4) is 0 Å². The lowest BCUT2D eigenvalue weighted by Gasteiger charge is -2.26. The first kappa shape index (κ1) is 12.0. The number of hydrogen-bond acceptors (Lipinski definition) is 6. The minimum atomic E-state index is 0.590. The number of nitrogens with one attached hydrogen (secondary N) is 1. The molecule has 1 N–H and O–H groups in total. The second-order valence-corrected chi connectivity index (χ2v) is 4.59. The molecule has 2 aromatic heterocycles. The molecule has 19 heavy (non-hydrogen) atoms. The lowest BCUT2D eigenvalue weighted by atomic mass is 10.1. The number of furan rings is 1. The smallest absolute Gasteiger partial charge is 0.230 e. The van der Waals surface area contributed by atoms with E-state index in [1.807, 2.05) is 13.1 Å². The van der Waals surface area contributed by atoms with Crippen LogP contribution in [0.5, 0.6) is 0 Å². The van der Waals surface area contributed by atoms with Gasteiger partial charge in [0.2, 0.25) is 11.9 Å². The van der Waals surface area contributed by atoms with E-state index in [-0.39, 0.29) is 0 Å². The first-order valence-corrected chi connectivity index (χ1v) is 6.58. The van der Waals surface area contributed by atoms with Gasteiger partial charge in [-0.2, -0.15) is 15.0 Å². The van der Waals surface area contributed by atoms with Crippen molar-refractivity contribution in [1.82, 2.24) is 15.0 Å². The van der Waals surface area contributed by atoms with Gasteiger partial charge in [-0.1, -0.05) is 0 Å². The predicted octanol–water partition coefficient (Wildman–Crippen LogP) is 2.16. The van der Waals surface area contributed by atoms with Gasteiger partial charge in [0.1, 0.15) is 6.26 Å². The monoisotopic (exact) mass is 259 g/mol. The molecule has 100 valence electrons.